The molecular weight excluding hydrogens is 236 g/mol. The van der Waals surface area contributed by atoms with Crippen LogP contribution in [0.15, 0.2) is 0 Å². The third kappa shape index (κ3) is 4.35. The fourth-order valence-electron chi connectivity index (χ4n) is 1.77. The zero-order valence-corrected chi connectivity index (χ0v) is 10.8. The Labute approximate surface area is 107 Å². The van der Waals surface area contributed by atoms with Crippen LogP contribution in [-0.4, -0.2) is 48.9 Å². The zero-order valence-electron chi connectivity index (χ0n) is 10.8. The third-order valence-electron chi connectivity index (χ3n) is 2.72. The summed E-state index contributed by atoms with van der Waals surface area (Å²) in [5.74, 6) is 0.113. The molecule has 1 saturated heterocycles. The first-order valence-electron chi connectivity index (χ1n) is 6.18. The molecule has 1 atom stereocenters. The molecule has 1 aliphatic heterocycles. The second kappa shape index (κ2) is 6.98. The Kier molecular flexibility index (Phi) is 5.61. The summed E-state index contributed by atoms with van der Waals surface area (Å²) in [6.45, 7) is 4.73. The van der Waals surface area contributed by atoms with Crippen LogP contribution in [0.2, 0.25) is 0 Å². The summed E-state index contributed by atoms with van der Waals surface area (Å²) in [6, 6.07) is -0.481. The lowest BCUT2D eigenvalue weighted by Crippen LogP contribution is -2.41. The fourth-order valence-corrected chi connectivity index (χ4v) is 1.77. The first-order valence-corrected chi connectivity index (χ1v) is 6.18. The van der Waals surface area contributed by atoms with E-state index in [0.717, 1.165) is 0 Å². The second-order valence-corrected chi connectivity index (χ2v) is 4.84. The second-order valence-electron chi connectivity index (χ2n) is 4.84. The number of Topliss-reactive ketones (excluding diaryl/α,β-unsaturated/α-hetero) is 1. The van der Waals surface area contributed by atoms with Gasteiger partial charge in [0.15, 0.2) is 5.78 Å². The molecule has 0 radical (unpaired) electrons. The van der Waals surface area contributed by atoms with Gasteiger partial charge in [-0.05, 0) is 18.8 Å². The number of ether oxygens (including phenoxy) is 1. The largest absolute Gasteiger partial charge is 0.449 e. The average Bonchev–Trinajstić information content (AvgIpc) is 2.50. The maximum atomic E-state index is 11.8. The van der Waals surface area contributed by atoms with Crippen molar-refractivity contribution in [3.05, 3.63) is 0 Å². The molecular formula is C12H20N2O4. The average molecular weight is 256 g/mol. The molecule has 0 aromatic carbocycles. The monoisotopic (exact) mass is 256 g/mol. The molecule has 1 aliphatic rings. The van der Waals surface area contributed by atoms with Gasteiger partial charge in [-0.15, -0.1) is 0 Å². The summed E-state index contributed by atoms with van der Waals surface area (Å²) < 4.78 is 5.09. The van der Waals surface area contributed by atoms with Crippen LogP contribution in [0.3, 0.4) is 0 Å². The van der Waals surface area contributed by atoms with Crippen LogP contribution in [0.25, 0.3) is 0 Å². The van der Waals surface area contributed by atoms with Crippen LogP contribution in [0.5, 0.6) is 0 Å². The number of ketones is 1. The molecule has 1 unspecified atom stereocenters. The normalized spacial score (nSPS) is 20.5. The third-order valence-corrected chi connectivity index (χ3v) is 2.72. The number of hydrogen-bond donors (Lipinski definition) is 1. The molecule has 0 aromatic heterocycles. The predicted octanol–water partition coefficient (Wildman–Crippen LogP) is 0.558. The highest BCUT2D eigenvalue weighted by Crippen LogP contribution is 2.10. The van der Waals surface area contributed by atoms with Crippen molar-refractivity contribution in [2.45, 2.75) is 32.7 Å². The number of nitrogens with zero attached hydrogens (tertiary/aromatic N) is 1. The number of hydrogen-bond acceptors (Lipinski definition) is 4. The van der Waals surface area contributed by atoms with E-state index in [-0.39, 0.29) is 18.2 Å². The maximum absolute atomic E-state index is 11.8. The SMILES string of the molecule is CC(C)COC(=O)N1CCCC(NC=O)C(=O)C1. The maximum Gasteiger partial charge on any atom is 0.410 e. The summed E-state index contributed by atoms with van der Waals surface area (Å²) in [5.41, 5.74) is 0. The highest BCUT2D eigenvalue weighted by molar-refractivity contribution is 5.90. The van der Waals surface area contributed by atoms with Gasteiger partial charge in [0.05, 0.1) is 19.2 Å². The number of rotatable bonds is 4. The lowest BCUT2D eigenvalue weighted by atomic mass is 10.1. The number of carbonyl (C=O) groups excluding carboxylic acids is 3. The van der Waals surface area contributed by atoms with E-state index in [2.05, 4.69) is 5.32 Å². The van der Waals surface area contributed by atoms with Crippen LogP contribution in [0.4, 0.5) is 4.79 Å². The van der Waals surface area contributed by atoms with Gasteiger partial charge in [-0.3, -0.25) is 9.59 Å². The summed E-state index contributed by atoms with van der Waals surface area (Å²) in [6.07, 6.45) is 1.30. The molecule has 0 aliphatic carbocycles. The smallest absolute Gasteiger partial charge is 0.410 e. The quantitative estimate of drug-likeness (QED) is 0.746. The minimum Gasteiger partial charge on any atom is -0.449 e. The van der Waals surface area contributed by atoms with Gasteiger partial charge in [0.2, 0.25) is 6.41 Å². The zero-order chi connectivity index (χ0) is 13.5. The summed E-state index contributed by atoms with van der Waals surface area (Å²) in [7, 11) is 0. The first-order chi connectivity index (χ1) is 8.54. The molecule has 102 valence electrons. The van der Waals surface area contributed by atoms with Crippen molar-refractivity contribution in [2.75, 3.05) is 19.7 Å². The van der Waals surface area contributed by atoms with E-state index in [1.165, 1.54) is 4.90 Å². The van der Waals surface area contributed by atoms with Crippen LogP contribution >= 0.6 is 0 Å². The molecule has 0 spiro atoms. The lowest BCUT2D eigenvalue weighted by molar-refractivity contribution is -0.123. The molecule has 1 fully saturated rings. The lowest BCUT2D eigenvalue weighted by Gasteiger charge is -2.20. The Morgan fingerprint density at radius 2 is 2.33 bits per heavy atom. The molecule has 1 rings (SSSR count). The van der Waals surface area contributed by atoms with Crippen molar-refractivity contribution < 1.29 is 19.1 Å². The summed E-state index contributed by atoms with van der Waals surface area (Å²) in [4.78, 5) is 35.3. The van der Waals surface area contributed by atoms with Crippen molar-refractivity contribution in [1.29, 1.82) is 0 Å². The van der Waals surface area contributed by atoms with Gasteiger partial charge in [-0.25, -0.2) is 4.79 Å². The van der Waals surface area contributed by atoms with Crippen molar-refractivity contribution in [3.63, 3.8) is 0 Å². The molecule has 18 heavy (non-hydrogen) atoms. The van der Waals surface area contributed by atoms with Crippen LogP contribution in [0.1, 0.15) is 26.7 Å². The Morgan fingerprint density at radius 1 is 1.61 bits per heavy atom. The Morgan fingerprint density at radius 3 is 2.94 bits per heavy atom. The van der Waals surface area contributed by atoms with Crippen molar-refractivity contribution in [1.82, 2.24) is 10.2 Å². The van der Waals surface area contributed by atoms with Gasteiger partial charge in [0.1, 0.15) is 0 Å². The molecule has 0 saturated carbocycles. The van der Waals surface area contributed by atoms with Crippen molar-refractivity contribution in [3.8, 4) is 0 Å². The van der Waals surface area contributed by atoms with Crippen molar-refractivity contribution in [2.24, 2.45) is 5.92 Å². The summed E-state index contributed by atoms with van der Waals surface area (Å²) in [5, 5.41) is 2.48. The van der Waals surface area contributed by atoms with E-state index in [0.29, 0.717) is 32.4 Å². The van der Waals surface area contributed by atoms with Gasteiger partial charge in [0.25, 0.3) is 0 Å². The number of nitrogens with one attached hydrogen (secondary N) is 1. The number of likely N-dealkylation sites (tertiary alicyclic amines) is 1. The van der Waals surface area contributed by atoms with Gasteiger partial charge in [-0.1, -0.05) is 13.8 Å². The molecule has 6 nitrogen and oxygen atoms in total. The van der Waals surface area contributed by atoms with E-state index >= 15 is 0 Å². The predicted molar refractivity (Wildman–Crippen MR) is 65.0 cm³/mol. The van der Waals surface area contributed by atoms with Gasteiger partial charge >= 0.3 is 6.09 Å². The van der Waals surface area contributed by atoms with Gasteiger partial charge in [0, 0.05) is 6.54 Å². The van der Waals surface area contributed by atoms with Crippen LogP contribution in [0, 0.1) is 5.92 Å². The van der Waals surface area contributed by atoms with Crippen molar-refractivity contribution >= 4 is 18.3 Å². The molecule has 1 N–H and O–H groups in total. The van der Waals surface area contributed by atoms with Crippen LogP contribution < -0.4 is 5.32 Å². The van der Waals surface area contributed by atoms with E-state index in [4.69, 9.17) is 4.74 Å². The van der Waals surface area contributed by atoms with E-state index < -0.39 is 12.1 Å². The van der Waals surface area contributed by atoms with Gasteiger partial charge < -0.3 is 15.0 Å². The van der Waals surface area contributed by atoms with Crippen LogP contribution in [-0.2, 0) is 14.3 Å². The highest BCUT2D eigenvalue weighted by atomic mass is 16.6. The standard InChI is InChI=1S/C12H20N2O4/c1-9(2)7-18-12(17)14-5-3-4-10(13-8-15)11(16)6-14/h8-10H,3-7H2,1-2H3,(H,13,15). The van der Waals surface area contributed by atoms with E-state index in [9.17, 15) is 14.4 Å². The molecule has 0 bridgehead atoms. The van der Waals surface area contributed by atoms with E-state index in [1.54, 1.807) is 0 Å². The summed E-state index contributed by atoms with van der Waals surface area (Å²) >= 11 is 0. The topological polar surface area (TPSA) is 75.7 Å². The van der Waals surface area contributed by atoms with E-state index in [1.807, 2.05) is 13.8 Å². The number of amides is 2. The minimum absolute atomic E-state index is 0.00242. The molecule has 1 heterocycles. The molecule has 6 heteroatoms. The minimum atomic E-state index is -0.481. The highest BCUT2D eigenvalue weighted by Gasteiger charge is 2.27. The Balaban J connectivity index is 2.50. The Hall–Kier alpha value is -1.59. The molecule has 2 amide bonds. The number of carbonyl (C=O) groups is 3. The van der Waals surface area contributed by atoms with Gasteiger partial charge in [-0.2, -0.15) is 0 Å². The first kappa shape index (κ1) is 14.5. The molecule has 0 aromatic rings. The fraction of sp³-hybridized carbons (Fsp3) is 0.750. The Bertz CT molecular complexity index is 317.